The van der Waals surface area contributed by atoms with Crippen molar-refractivity contribution in [2.24, 2.45) is 0 Å². The van der Waals surface area contributed by atoms with Crippen molar-refractivity contribution < 1.29 is 14.2 Å². The van der Waals surface area contributed by atoms with Gasteiger partial charge in [0, 0.05) is 17.4 Å². The Morgan fingerprint density at radius 1 is 1.14 bits per heavy atom. The Morgan fingerprint density at radius 2 is 1.86 bits per heavy atom. The molecule has 2 nitrogen and oxygen atoms in total. The molecule has 0 spiro atoms. The lowest BCUT2D eigenvalue weighted by Crippen LogP contribution is -2.27. The molecule has 0 amide bonds. The molecule has 2 aromatic carbocycles. The first-order valence-electron chi connectivity index (χ1n) is 7.19. The summed E-state index contributed by atoms with van der Waals surface area (Å²) in [6.07, 6.45) is 0.170. The first-order chi connectivity index (χ1) is 10.00. The molecule has 0 aromatic heterocycles. The SMILES string of the molecule is CC(C)(c1ccc(F)cc1)C(O)c1cccc2c1OCC2. The summed E-state index contributed by atoms with van der Waals surface area (Å²) in [6, 6.07) is 12.2. The summed E-state index contributed by atoms with van der Waals surface area (Å²) in [7, 11) is 0. The average Bonchev–Trinajstić information content (AvgIpc) is 2.95. The molecule has 1 unspecified atom stereocenters. The van der Waals surface area contributed by atoms with Gasteiger partial charge >= 0.3 is 0 Å². The molecule has 110 valence electrons. The Kier molecular flexibility index (Phi) is 3.46. The Balaban J connectivity index is 1.99. The third kappa shape index (κ3) is 2.42. The summed E-state index contributed by atoms with van der Waals surface area (Å²) < 4.78 is 18.8. The van der Waals surface area contributed by atoms with Gasteiger partial charge in [-0.15, -0.1) is 0 Å². The summed E-state index contributed by atoms with van der Waals surface area (Å²) in [5, 5.41) is 10.9. The minimum Gasteiger partial charge on any atom is -0.493 e. The maximum atomic E-state index is 13.1. The fraction of sp³-hybridized carbons (Fsp3) is 0.333. The molecule has 21 heavy (non-hydrogen) atoms. The van der Waals surface area contributed by atoms with Crippen molar-refractivity contribution in [3.05, 3.63) is 65.0 Å². The Hall–Kier alpha value is -1.87. The van der Waals surface area contributed by atoms with Crippen molar-refractivity contribution >= 4 is 0 Å². The van der Waals surface area contributed by atoms with Gasteiger partial charge in [-0.1, -0.05) is 44.2 Å². The van der Waals surface area contributed by atoms with Crippen LogP contribution in [0.15, 0.2) is 42.5 Å². The predicted molar refractivity (Wildman–Crippen MR) is 80.0 cm³/mol. The summed E-state index contributed by atoms with van der Waals surface area (Å²) >= 11 is 0. The minimum atomic E-state index is -0.712. The topological polar surface area (TPSA) is 29.5 Å². The zero-order valence-electron chi connectivity index (χ0n) is 12.3. The average molecular weight is 286 g/mol. The number of hydrogen-bond donors (Lipinski definition) is 1. The highest BCUT2D eigenvalue weighted by molar-refractivity contribution is 5.47. The predicted octanol–water partition coefficient (Wildman–Crippen LogP) is 3.77. The minimum absolute atomic E-state index is 0.270. The highest BCUT2D eigenvalue weighted by Crippen LogP contribution is 2.42. The smallest absolute Gasteiger partial charge is 0.128 e. The quantitative estimate of drug-likeness (QED) is 0.930. The number of rotatable bonds is 3. The number of aliphatic hydroxyl groups excluding tert-OH is 1. The number of aliphatic hydroxyl groups is 1. The normalized spacial score (nSPS) is 15.4. The molecule has 3 heteroatoms. The lowest BCUT2D eigenvalue weighted by Gasteiger charge is -2.32. The Labute approximate surface area is 124 Å². The lowest BCUT2D eigenvalue weighted by atomic mass is 9.76. The summed E-state index contributed by atoms with van der Waals surface area (Å²) in [6.45, 7) is 4.58. The molecule has 1 heterocycles. The van der Waals surface area contributed by atoms with Gasteiger partial charge in [-0.3, -0.25) is 0 Å². The Morgan fingerprint density at radius 3 is 2.57 bits per heavy atom. The molecular formula is C18H19FO2. The van der Waals surface area contributed by atoms with E-state index in [-0.39, 0.29) is 5.82 Å². The number of benzene rings is 2. The largest absolute Gasteiger partial charge is 0.493 e. The second-order valence-corrected chi connectivity index (χ2v) is 6.07. The fourth-order valence-electron chi connectivity index (χ4n) is 2.88. The second kappa shape index (κ2) is 5.15. The molecule has 0 saturated carbocycles. The van der Waals surface area contributed by atoms with E-state index in [4.69, 9.17) is 4.74 Å². The molecule has 0 aliphatic carbocycles. The zero-order chi connectivity index (χ0) is 15.0. The van der Waals surface area contributed by atoms with Gasteiger partial charge in [-0.25, -0.2) is 4.39 Å². The summed E-state index contributed by atoms with van der Waals surface area (Å²) in [5.74, 6) is 0.535. The van der Waals surface area contributed by atoms with Gasteiger partial charge in [0.2, 0.25) is 0 Å². The van der Waals surface area contributed by atoms with Crippen LogP contribution in [0.5, 0.6) is 5.75 Å². The molecule has 1 N–H and O–H groups in total. The van der Waals surface area contributed by atoms with Crippen LogP contribution in [0.3, 0.4) is 0 Å². The van der Waals surface area contributed by atoms with Gasteiger partial charge in [0.25, 0.3) is 0 Å². The molecule has 1 atom stereocenters. The second-order valence-electron chi connectivity index (χ2n) is 6.07. The first-order valence-corrected chi connectivity index (χ1v) is 7.19. The van der Waals surface area contributed by atoms with Crippen molar-refractivity contribution in [2.45, 2.75) is 31.8 Å². The van der Waals surface area contributed by atoms with Crippen molar-refractivity contribution in [1.82, 2.24) is 0 Å². The first kappa shape index (κ1) is 14.1. The molecule has 2 aromatic rings. The van der Waals surface area contributed by atoms with E-state index in [0.717, 1.165) is 28.9 Å². The maximum Gasteiger partial charge on any atom is 0.128 e. The van der Waals surface area contributed by atoms with Crippen LogP contribution < -0.4 is 4.74 Å². The van der Waals surface area contributed by atoms with E-state index >= 15 is 0 Å². The number of hydrogen-bond acceptors (Lipinski definition) is 2. The molecule has 0 saturated heterocycles. The highest BCUT2D eigenvalue weighted by Gasteiger charge is 2.34. The maximum absolute atomic E-state index is 13.1. The Bertz CT molecular complexity index is 647. The van der Waals surface area contributed by atoms with Gasteiger partial charge in [-0.05, 0) is 23.3 Å². The van der Waals surface area contributed by atoms with Crippen LogP contribution in [0.1, 0.15) is 36.6 Å². The van der Waals surface area contributed by atoms with Crippen LogP contribution in [0.2, 0.25) is 0 Å². The van der Waals surface area contributed by atoms with Crippen molar-refractivity contribution in [3.63, 3.8) is 0 Å². The monoisotopic (exact) mass is 286 g/mol. The number of ether oxygens (including phenoxy) is 1. The van der Waals surface area contributed by atoms with Gasteiger partial charge in [0.1, 0.15) is 11.6 Å². The van der Waals surface area contributed by atoms with Crippen LogP contribution in [0.25, 0.3) is 0 Å². The third-order valence-corrected chi connectivity index (χ3v) is 4.31. The van der Waals surface area contributed by atoms with E-state index in [1.54, 1.807) is 12.1 Å². The number of para-hydroxylation sites is 1. The van der Waals surface area contributed by atoms with E-state index in [2.05, 4.69) is 0 Å². The van der Waals surface area contributed by atoms with E-state index in [9.17, 15) is 9.50 Å². The molecule has 1 aliphatic heterocycles. The van der Waals surface area contributed by atoms with Crippen LogP contribution >= 0.6 is 0 Å². The molecule has 0 bridgehead atoms. The van der Waals surface area contributed by atoms with Gasteiger partial charge in [0.15, 0.2) is 0 Å². The lowest BCUT2D eigenvalue weighted by molar-refractivity contribution is 0.0972. The van der Waals surface area contributed by atoms with E-state index in [0.29, 0.717) is 6.61 Å². The van der Waals surface area contributed by atoms with Crippen molar-refractivity contribution in [2.75, 3.05) is 6.61 Å². The van der Waals surface area contributed by atoms with Crippen LogP contribution in [0.4, 0.5) is 4.39 Å². The standard InChI is InChI=1S/C18H19FO2/c1-18(2,13-6-8-14(19)9-7-13)17(20)15-5-3-4-12-10-11-21-16(12)15/h3-9,17,20H,10-11H2,1-2H3. The molecule has 1 aliphatic rings. The van der Waals surface area contributed by atoms with Gasteiger partial charge in [0.05, 0.1) is 12.7 Å². The third-order valence-electron chi connectivity index (χ3n) is 4.31. The van der Waals surface area contributed by atoms with Crippen LogP contribution in [0, 0.1) is 5.82 Å². The van der Waals surface area contributed by atoms with Crippen LogP contribution in [-0.2, 0) is 11.8 Å². The van der Waals surface area contributed by atoms with E-state index < -0.39 is 11.5 Å². The molecule has 0 radical (unpaired) electrons. The fourth-order valence-corrected chi connectivity index (χ4v) is 2.88. The summed E-state index contributed by atoms with van der Waals surface area (Å²) in [5.41, 5.74) is 2.31. The van der Waals surface area contributed by atoms with Gasteiger partial charge < -0.3 is 9.84 Å². The molecule has 0 fully saturated rings. The number of fused-ring (bicyclic) bond motifs is 1. The number of halogens is 1. The van der Waals surface area contributed by atoms with Crippen LogP contribution in [-0.4, -0.2) is 11.7 Å². The van der Waals surface area contributed by atoms with Crippen molar-refractivity contribution in [1.29, 1.82) is 0 Å². The van der Waals surface area contributed by atoms with E-state index in [1.807, 2.05) is 32.0 Å². The van der Waals surface area contributed by atoms with E-state index in [1.165, 1.54) is 12.1 Å². The summed E-state index contributed by atoms with van der Waals surface area (Å²) in [4.78, 5) is 0. The zero-order valence-corrected chi connectivity index (χ0v) is 12.3. The molecule has 3 rings (SSSR count). The van der Waals surface area contributed by atoms with Gasteiger partial charge in [-0.2, -0.15) is 0 Å². The highest BCUT2D eigenvalue weighted by atomic mass is 19.1. The molecular weight excluding hydrogens is 267 g/mol. The van der Waals surface area contributed by atoms with Crippen molar-refractivity contribution in [3.8, 4) is 5.75 Å².